The molecule has 0 aliphatic heterocycles. The predicted octanol–water partition coefficient (Wildman–Crippen LogP) is 3.81. The van der Waals surface area contributed by atoms with Crippen molar-refractivity contribution in [3.8, 4) is 28.2 Å². The second-order valence-electron chi connectivity index (χ2n) is 5.79. The molecule has 0 unspecified atom stereocenters. The molecule has 26 heavy (non-hydrogen) atoms. The molecule has 0 spiro atoms. The molecule has 0 fully saturated rings. The summed E-state index contributed by atoms with van der Waals surface area (Å²) in [6.45, 7) is 1.86. The lowest BCUT2D eigenvalue weighted by atomic mass is 10.1. The first-order valence-electron chi connectivity index (χ1n) is 8.05. The highest BCUT2D eigenvalue weighted by Crippen LogP contribution is 2.24. The smallest absolute Gasteiger partial charge is 0.186 e. The van der Waals surface area contributed by atoms with Crippen LogP contribution < -0.4 is 4.74 Å². The van der Waals surface area contributed by atoms with Crippen LogP contribution in [0.5, 0.6) is 5.75 Å². The molecule has 0 amide bonds. The lowest BCUT2D eigenvalue weighted by Gasteiger charge is -2.04. The Morgan fingerprint density at radius 2 is 2.00 bits per heavy atom. The monoisotopic (exact) mass is 360 g/mol. The zero-order valence-electron chi connectivity index (χ0n) is 14.6. The summed E-state index contributed by atoms with van der Waals surface area (Å²) in [7, 11) is 3.59. The summed E-state index contributed by atoms with van der Waals surface area (Å²) < 4.78 is 7.21. The zero-order valence-corrected chi connectivity index (χ0v) is 15.5. The fraction of sp³-hybridized carbons (Fsp3) is 0.150. The number of aryl methyl sites for hydroxylation is 2. The molecule has 1 aromatic carbocycles. The molecule has 0 radical (unpaired) electrons. The first-order valence-corrected chi connectivity index (χ1v) is 8.93. The van der Waals surface area contributed by atoms with Gasteiger partial charge in [0.2, 0.25) is 0 Å². The molecule has 3 aromatic heterocycles. The minimum absolute atomic E-state index is 0.675. The van der Waals surface area contributed by atoms with Gasteiger partial charge in [0.25, 0.3) is 0 Å². The van der Waals surface area contributed by atoms with E-state index in [1.54, 1.807) is 18.4 Å². The molecule has 0 aliphatic rings. The van der Waals surface area contributed by atoms with Gasteiger partial charge < -0.3 is 9.30 Å². The lowest BCUT2D eigenvalue weighted by molar-refractivity contribution is 0.415. The highest BCUT2D eigenvalue weighted by molar-refractivity contribution is 7.13. The summed E-state index contributed by atoms with van der Waals surface area (Å²) in [5.41, 5.74) is 2.44. The van der Waals surface area contributed by atoms with Gasteiger partial charge in [-0.25, -0.2) is 15.0 Å². The largest absolute Gasteiger partial charge is 0.497 e. The van der Waals surface area contributed by atoms with E-state index in [2.05, 4.69) is 32.9 Å². The second-order valence-corrected chi connectivity index (χ2v) is 6.74. The van der Waals surface area contributed by atoms with Gasteiger partial charge in [0.15, 0.2) is 5.82 Å². The van der Waals surface area contributed by atoms with E-state index in [4.69, 9.17) is 4.74 Å². The molecular weight excluding hydrogens is 344 g/mol. The van der Waals surface area contributed by atoms with Crippen molar-refractivity contribution in [3.63, 3.8) is 0 Å². The Labute approximate surface area is 155 Å². The van der Waals surface area contributed by atoms with Crippen molar-refractivity contribution in [1.29, 1.82) is 0 Å². The van der Waals surface area contributed by atoms with E-state index in [9.17, 15) is 0 Å². The van der Waals surface area contributed by atoms with Crippen LogP contribution in [0.1, 0.15) is 17.3 Å². The number of methoxy groups -OCH3 is 1. The van der Waals surface area contributed by atoms with Gasteiger partial charge in [-0.3, -0.25) is 0 Å². The van der Waals surface area contributed by atoms with Crippen LogP contribution in [0.25, 0.3) is 21.5 Å². The van der Waals surface area contributed by atoms with Crippen LogP contribution in [0.2, 0.25) is 0 Å². The summed E-state index contributed by atoms with van der Waals surface area (Å²) in [4.78, 5) is 14.7. The maximum absolute atomic E-state index is 5.28. The normalized spacial score (nSPS) is 10.6. The molecule has 0 saturated carbocycles. The summed E-state index contributed by atoms with van der Waals surface area (Å²) in [5, 5.41) is 2.94. The third kappa shape index (κ3) is 3.05. The summed E-state index contributed by atoms with van der Waals surface area (Å²) in [5.74, 6) is 8.44. The second kappa shape index (κ2) is 6.62. The number of hydrogen-bond acceptors (Lipinski definition) is 5. The quantitative estimate of drug-likeness (QED) is 0.510. The summed E-state index contributed by atoms with van der Waals surface area (Å²) in [6.07, 6.45) is 1.99. The average Bonchev–Trinajstić information content (AvgIpc) is 3.28. The third-order valence-corrected chi connectivity index (χ3v) is 4.85. The maximum atomic E-state index is 5.28. The molecule has 4 rings (SSSR count). The molecule has 0 N–H and O–H groups in total. The highest BCUT2D eigenvalue weighted by Gasteiger charge is 2.08. The SMILES string of the molecule is COc1ccc2c(C#Cc3nc(-c4cccs4)cn3C)nc(C)nc2c1. The Bertz CT molecular complexity index is 1150. The third-order valence-electron chi connectivity index (χ3n) is 3.96. The first kappa shape index (κ1) is 16.3. The lowest BCUT2D eigenvalue weighted by Crippen LogP contribution is -1.96. The van der Waals surface area contributed by atoms with Crippen LogP contribution >= 0.6 is 11.3 Å². The molecule has 0 atom stereocenters. The van der Waals surface area contributed by atoms with Crippen molar-refractivity contribution in [1.82, 2.24) is 19.5 Å². The molecule has 3 heterocycles. The van der Waals surface area contributed by atoms with Gasteiger partial charge in [-0.15, -0.1) is 11.3 Å². The van der Waals surface area contributed by atoms with Crippen molar-refractivity contribution in [2.45, 2.75) is 6.92 Å². The van der Waals surface area contributed by atoms with Gasteiger partial charge in [-0.2, -0.15) is 0 Å². The molecule has 5 nitrogen and oxygen atoms in total. The van der Waals surface area contributed by atoms with Gasteiger partial charge >= 0.3 is 0 Å². The molecule has 6 heteroatoms. The molecule has 0 saturated heterocycles. The zero-order chi connectivity index (χ0) is 18.1. The van der Waals surface area contributed by atoms with Crippen LogP contribution in [0.4, 0.5) is 0 Å². The van der Waals surface area contributed by atoms with Crippen LogP contribution in [-0.4, -0.2) is 26.6 Å². The van der Waals surface area contributed by atoms with Crippen molar-refractivity contribution in [2.75, 3.05) is 7.11 Å². The number of nitrogens with zero attached hydrogens (tertiary/aromatic N) is 4. The van der Waals surface area contributed by atoms with Gasteiger partial charge in [0.05, 0.1) is 23.2 Å². The molecular formula is C20H16N4OS. The molecule has 0 bridgehead atoms. The Balaban J connectivity index is 1.77. The number of ether oxygens (including phenoxy) is 1. The Morgan fingerprint density at radius 1 is 1.12 bits per heavy atom. The van der Waals surface area contributed by atoms with Crippen molar-refractivity contribution < 1.29 is 4.74 Å². The van der Waals surface area contributed by atoms with E-state index in [1.807, 2.05) is 54.4 Å². The summed E-state index contributed by atoms with van der Waals surface area (Å²) >= 11 is 1.66. The minimum Gasteiger partial charge on any atom is -0.497 e. The molecule has 4 aromatic rings. The average molecular weight is 360 g/mol. The first-order chi connectivity index (χ1) is 12.6. The fourth-order valence-corrected chi connectivity index (χ4v) is 3.37. The number of rotatable bonds is 2. The van der Waals surface area contributed by atoms with Crippen molar-refractivity contribution >= 4 is 22.2 Å². The molecule has 128 valence electrons. The molecule has 0 aliphatic carbocycles. The van der Waals surface area contributed by atoms with Gasteiger partial charge in [-0.05, 0) is 42.3 Å². The summed E-state index contributed by atoms with van der Waals surface area (Å²) in [6, 6.07) is 9.79. The van der Waals surface area contributed by atoms with E-state index in [0.717, 1.165) is 27.2 Å². The van der Waals surface area contributed by atoms with Crippen LogP contribution in [0.3, 0.4) is 0 Å². The standard InChI is InChI=1S/C20H16N4OS/c1-13-21-16(15-7-6-14(25-3)11-17(15)22-13)8-9-20-23-18(12-24(20)2)19-5-4-10-26-19/h4-7,10-12H,1-3H3. The van der Waals surface area contributed by atoms with Gasteiger partial charge in [-0.1, -0.05) is 6.07 Å². The maximum Gasteiger partial charge on any atom is 0.186 e. The van der Waals surface area contributed by atoms with E-state index < -0.39 is 0 Å². The number of hydrogen-bond donors (Lipinski definition) is 0. The van der Waals surface area contributed by atoms with Crippen molar-refractivity contribution in [2.24, 2.45) is 7.05 Å². The Hall–Kier alpha value is -3.17. The number of fused-ring (bicyclic) bond motifs is 1. The van der Waals surface area contributed by atoms with E-state index in [1.165, 1.54) is 0 Å². The van der Waals surface area contributed by atoms with Gasteiger partial charge in [0, 0.05) is 24.7 Å². The van der Waals surface area contributed by atoms with Crippen LogP contribution in [-0.2, 0) is 7.05 Å². The number of aromatic nitrogens is 4. The van der Waals surface area contributed by atoms with Crippen LogP contribution in [0, 0.1) is 18.8 Å². The van der Waals surface area contributed by atoms with E-state index in [0.29, 0.717) is 17.3 Å². The highest BCUT2D eigenvalue weighted by atomic mass is 32.1. The fourth-order valence-electron chi connectivity index (χ4n) is 2.69. The Kier molecular flexibility index (Phi) is 4.15. The van der Waals surface area contributed by atoms with E-state index >= 15 is 0 Å². The number of thiophene rings is 1. The topological polar surface area (TPSA) is 52.8 Å². The van der Waals surface area contributed by atoms with Crippen LogP contribution in [0.15, 0.2) is 41.9 Å². The number of imidazole rings is 1. The van der Waals surface area contributed by atoms with E-state index in [-0.39, 0.29) is 0 Å². The number of benzene rings is 1. The minimum atomic E-state index is 0.675. The Morgan fingerprint density at radius 3 is 2.77 bits per heavy atom. The predicted molar refractivity (Wildman–Crippen MR) is 103 cm³/mol. The van der Waals surface area contributed by atoms with Gasteiger partial charge in [0.1, 0.15) is 17.3 Å². The van der Waals surface area contributed by atoms with Crippen molar-refractivity contribution in [3.05, 3.63) is 59.3 Å².